The SMILES string of the molecule is CNC(=O)c1c(/N=N/c2c(O)c(C(=O)Nc3cccc(C)c3)cc3ccccc23)sc(C)c1C. The van der Waals surface area contributed by atoms with Crippen molar-refractivity contribution in [3.05, 3.63) is 81.7 Å². The van der Waals surface area contributed by atoms with Crippen LogP contribution < -0.4 is 10.6 Å². The lowest BCUT2D eigenvalue weighted by Gasteiger charge is -2.11. The molecule has 1 heterocycles. The fraction of sp³-hybridized carbons (Fsp3) is 0.154. The van der Waals surface area contributed by atoms with Crippen molar-refractivity contribution in [2.24, 2.45) is 10.2 Å². The number of phenolic OH excluding ortho intramolecular Hbond substituents is 1. The third-order valence-corrected chi connectivity index (χ3v) is 6.67. The summed E-state index contributed by atoms with van der Waals surface area (Å²) in [6.45, 7) is 5.70. The zero-order valence-corrected chi connectivity index (χ0v) is 20.1. The summed E-state index contributed by atoms with van der Waals surface area (Å²) >= 11 is 1.35. The zero-order valence-electron chi connectivity index (χ0n) is 19.3. The van der Waals surface area contributed by atoms with Gasteiger partial charge in [-0.25, -0.2) is 0 Å². The summed E-state index contributed by atoms with van der Waals surface area (Å²) in [5, 5.41) is 27.0. The maximum absolute atomic E-state index is 13.1. The molecule has 0 saturated carbocycles. The molecule has 4 aromatic rings. The van der Waals surface area contributed by atoms with Crippen LogP contribution in [0.3, 0.4) is 0 Å². The van der Waals surface area contributed by atoms with Crippen molar-refractivity contribution < 1.29 is 14.7 Å². The highest BCUT2D eigenvalue weighted by molar-refractivity contribution is 7.16. The molecule has 0 fully saturated rings. The van der Waals surface area contributed by atoms with E-state index in [1.54, 1.807) is 25.2 Å². The van der Waals surface area contributed by atoms with Crippen molar-refractivity contribution in [3.8, 4) is 5.75 Å². The van der Waals surface area contributed by atoms with Crippen molar-refractivity contribution in [3.63, 3.8) is 0 Å². The minimum atomic E-state index is -0.459. The van der Waals surface area contributed by atoms with Gasteiger partial charge in [0.05, 0.1) is 11.1 Å². The van der Waals surface area contributed by atoms with E-state index in [9.17, 15) is 14.7 Å². The second kappa shape index (κ2) is 9.44. The molecule has 34 heavy (non-hydrogen) atoms. The first kappa shape index (κ1) is 23.1. The van der Waals surface area contributed by atoms with E-state index in [1.807, 2.05) is 57.2 Å². The molecule has 0 spiro atoms. The maximum atomic E-state index is 13.1. The van der Waals surface area contributed by atoms with Gasteiger partial charge in [-0.15, -0.1) is 21.6 Å². The predicted octanol–water partition coefficient (Wildman–Crippen LogP) is 6.56. The zero-order chi connectivity index (χ0) is 24.4. The molecule has 1 aromatic heterocycles. The number of carbonyl (C=O) groups excluding carboxylic acids is 2. The van der Waals surface area contributed by atoms with E-state index in [0.717, 1.165) is 21.4 Å². The molecular weight excluding hydrogens is 448 g/mol. The number of thiophene rings is 1. The van der Waals surface area contributed by atoms with Crippen molar-refractivity contribution >= 4 is 50.3 Å². The van der Waals surface area contributed by atoms with Gasteiger partial charge in [-0.05, 0) is 55.5 Å². The van der Waals surface area contributed by atoms with Crippen LogP contribution in [0, 0.1) is 20.8 Å². The molecule has 0 radical (unpaired) electrons. The number of aromatic hydroxyl groups is 1. The van der Waals surface area contributed by atoms with E-state index in [-0.39, 0.29) is 22.9 Å². The third-order valence-electron chi connectivity index (χ3n) is 5.58. The summed E-state index contributed by atoms with van der Waals surface area (Å²) in [6, 6.07) is 16.3. The third kappa shape index (κ3) is 4.40. The van der Waals surface area contributed by atoms with E-state index in [1.165, 1.54) is 11.3 Å². The van der Waals surface area contributed by atoms with Gasteiger partial charge < -0.3 is 15.7 Å². The maximum Gasteiger partial charge on any atom is 0.259 e. The molecule has 172 valence electrons. The van der Waals surface area contributed by atoms with E-state index in [0.29, 0.717) is 21.6 Å². The molecule has 7 nitrogen and oxygen atoms in total. The summed E-state index contributed by atoms with van der Waals surface area (Å²) < 4.78 is 0. The van der Waals surface area contributed by atoms with Crippen molar-refractivity contribution in [1.82, 2.24) is 5.32 Å². The fourth-order valence-electron chi connectivity index (χ4n) is 3.68. The fourth-order valence-corrected chi connectivity index (χ4v) is 4.66. The van der Waals surface area contributed by atoms with Gasteiger partial charge >= 0.3 is 0 Å². The van der Waals surface area contributed by atoms with Crippen LogP contribution in [-0.4, -0.2) is 24.0 Å². The molecule has 0 aliphatic carbocycles. The van der Waals surface area contributed by atoms with Crippen LogP contribution in [0.25, 0.3) is 10.8 Å². The number of phenols is 1. The Labute approximate surface area is 201 Å². The highest BCUT2D eigenvalue weighted by Crippen LogP contribution is 2.41. The predicted molar refractivity (Wildman–Crippen MR) is 136 cm³/mol. The van der Waals surface area contributed by atoms with E-state index >= 15 is 0 Å². The van der Waals surface area contributed by atoms with Gasteiger partial charge in [-0.1, -0.05) is 36.4 Å². The average Bonchev–Trinajstić information content (AvgIpc) is 3.10. The lowest BCUT2D eigenvalue weighted by Crippen LogP contribution is -2.18. The van der Waals surface area contributed by atoms with E-state index < -0.39 is 5.91 Å². The highest BCUT2D eigenvalue weighted by Gasteiger charge is 2.21. The Morgan fingerprint density at radius 3 is 2.44 bits per heavy atom. The number of aryl methyl sites for hydroxylation is 2. The molecule has 0 atom stereocenters. The molecule has 0 aliphatic heterocycles. The summed E-state index contributed by atoms with van der Waals surface area (Å²) in [6.07, 6.45) is 0. The average molecular weight is 473 g/mol. The van der Waals surface area contributed by atoms with Crippen LogP contribution in [0.15, 0.2) is 64.8 Å². The molecule has 0 saturated heterocycles. The monoisotopic (exact) mass is 472 g/mol. The standard InChI is InChI=1S/C26H24N4O3S/c1-14-8-7-10-18(12-14)28-24(32)20-13-17-9-5-6-11-19(17)22(23(20)31)29-30-26-21(25(33)27-4)15(2)16(3)34-26/h5-13,31H,1-4H3,(H,27,33)(H,28,32)/b30-29+. The quantitative estimate of drug-likeness (QED) is 0.287. The Hall–Kier alpha value is -4.04. The van der Waals surface area contributed by atoms with Crippen LogP contribution in [0.4, 0.5) is 16.4 Å². The molecule has 3 N–H and O–H groups in total. The normalized spacial score (nSPS) is 11.2. The van der Waals surface area contributed by atoms with Crippen molar-refractivity contribution in [2.75, 3.05) is 12.4 Å². The first-order chi connectivity index (χ1) is 16.3. The van der Waals surface area contributed by atoms with E-state index in [4.69, 9.17) is 0 Å². The van der Waals surface area contributed by atoms with Gasteiger partial charge in [-0.3, -0.25) is 9.59 Å². The summed E-state index contributed by atoms with van der Waals surface area (Å²) in [7, 11) is 1.56. The summed E-state index contributed by atoms with van der Waals surface area (Å²) in [4.78, 5) is 26.4. The Bertz CT molecular complexity index is 1460. The number of azo groups is 1. The number of hydrogen-bond donors (Lipinski definition) is 3. The summed E-state index contributed by atoms with van der Waals surface area (Å²) in [5.41, 5.74) is 3.16. The number of nitrogens with one attached hydrogen (secondary N) is 2. The van der Waals surface area contributed by atoms with Gasteiger partial charge in [0.15, 0.2) is 10.8 Å². The molecule has 4 rings (SSSR count). The smallest absolute Gasteiger partial charge is 0.259 e. The number of fused-ring (bicyclic) bond motifs is 1. The number of anilines is 1. The van der Waals surface area contributed by atoms with Crippen LogP contribution in [0.5, 0.6) is 5.75 Å². The molecule has 0 bridgehead atoms. The first-order valence-corrected chi connectivity index (χ1v) is 11.5. The molecule has 2 amide bonds. The minimum absolute atomic E-state index is 0.0826. The van der Waals surface area contributed by atoms with Crippen LogP contribution in [-0.2, 0) is 0 Å². The molecule has 0 aliphatic rings. The topological polar surface area (TPSA) is 103 Å². The minimum Gasteiger partial charge on any atom is -0.505 e. The van der Waals surface area contributed by atoms with Gasteiger partial charge in [0.1, 0.15) is 5.69 Å². The van der Waals surface area contributed by atoms with Gasteiger partial charge in [0.25, 0.3) is 11.8 Å². The van der Waals surface area contributed by atoms with Gasteiger partial charge in [0, 0.05) is 23.0 Å². The van der Waals surface area contributed by atoms with Gasteiger partial charge in [-0.2, -0.15) is 0 Å². The highest BCUT2D eigenvalue weighted by atomic mass is 32.1. The first-order valence-electron chi connectivity index (χ1n) is 10.7. The van der Waals surface area contributed by atoms with Gasteiger partial charge in [0.2, 0.25) is 0 Å². The van der Waals surface area contributed by atoms with Crippen molar-refractivity contribution in [1.29, 1.82) is 0 Å². The largest absolute Gasteiger partial charge is 0.505 e. The number of rotatable bonds is 5. The molecule has 3 aromatic carbocycles. The number of amides is 2. The Balaban J connectivity index is 1.81. The van der Waals surface area contributed by atoms with Crippen molar-refractivity contribution in [2.45, 2.75) is 20.8 Å². The molecule has 8 heteroatoms. The Kier molecular flexibility index (Phi) is 6.43. The number of hydrogen-bond acceptors (Lipinski definition) is 6. The second-order valence-corrected chi connectivity index (χ2v) is 9.11. The number of carbonyl (C=O) groups is 2. The van der Waals surface area contributed by atoms with E-state index in [2.05, 4.69) is 20.9 Å². The van der Waals surface area contributed by atoms with Crippen LogP contribution in [0.2, 0.25) is 0 Å². The lowest BCUT2D eigenvalue weighted by molar-refractivity contribution is 0.0962. The Morgan fingerprint density at radius 1 is 0.941 bits per heavy atom. The van der Waals surface area contributed by atoms with Crippen LogP contribution >= 0.6 is 11.3 Å². The Morgan fingerprint density at radius 2 is 1.71 bits per heavy atom. The lowest BCUT2D eigenvalue weighted by atomic mass is 10.0. The van der Waals surface area contributed by atoms with Crippen LogP contribution in [0.1, 0.15) is 36.7 Å². The number of nitrogens with zero attached hydrogens (tertiary/aromatic N) is 2. The summed E-state index contributed by atoms with van der Waals surface area (Å²) in [5.74, 6) is -0.991. The molecule has 0 unspecified atom stereocenters. The molecular formula is C26H24N4O3S. The second-order valence-electron chi connectivity index (χ2n) is 7.91. The number of benzene rings is 3.